The number of rotatable bonds is 6. The van der Waals surface area contributed by atoms with Crippen molar-refractivity contribution in [1.29, 1.82) is 0 Å². The van der Waals surface area contributed by atoms with Crippen molar-refractivity contribution in [2.75, 3.05) is 14.2 Å². The first kappa shape index (κ1) is 27.1. The summed E-state index contributed by atoms with van der Waals surface area (Å²) in [6.45, 7) is 0. The fourth-order valence-electron chi connectivity index (χ4n) is 3.89. The van der Waals surface area contributed by atoms with E-state index in [2.05, 4.69) is 0 Å². The van der Waals surface area contributed by atoms with Crippen molar-refractivity contribution in [3.8, 4) is 28.4 Å². The molecule has 0 aliphatic rings. The molecule has 4 aromatic carbocycles. The van der Waals surface area contributed by atoms with E-state index in [1.807, 2.05) is 0 Å². The van der Waals surface area contributed by atoms with Crippen LogP contribution in [-0.2, 0) is 6.42 Å². The fourth-order valence-corrected chi connectivity index (χ4v) is 3.89. The maximum Gasteiger partial charge on any atom is 0.200 e. The van der Waals surface area contributed by atoms with Crippen LogP contribution in [0.4, 0.5) is 8.78 Å². The minimum Gasteiger partial charge on any atom is -0.507 e. The maximum atomic E-state index is 13.2. The van der Waals surface area contributed by atoms with Crippen LogP contribution in [0.2, 0.25) is 0 Å². The Morgan fingerprint density at radius 2 is 1.51 bits per heavy atom. The van der Waals surface area contributed by atoms with Crippen molar-refractivity contribution in [2.24, 2.45) is 0 Å². The molecule has 0 saturated heterocycles. The third kappa shape index (κ3) is 6.48. The Balaban J connectivity index is 0.000000181. The lowest BCUT2D eigenvalue weighted by atomic mass is 10.0. The summed E-state index contributed by atoms with van der Waals surface area (Å²) in [5.41, 5.74) is 1.85. The van der Waals surface area contributed by atoms with Gasteiger partial charge in [-0.05, 0) is 59.7 Å². The Kier molecular flexibility index (Phi) is 8.36. The predicted octanol–water partition coefficient (Wildman–Crippen LogP) is 6.57. The number of benzene rings is 4. The number of methoxy groups -OCH3 is 2. The SMILES string of the molecule is COc1ccc(C(=O)Cc2cccc(F)c2)c(O)c1.COc1ccc2c(=O)c(-c3cccc(F)c3)coc2c1. The Labute approximate surface area is 222 Å². The lowest BCUT2D eigenvalue weighted by Crippen LogP contribution is -2.04. The molecular formula is C31H24F2O6. The molecule has 0 atom stereocenters. The Hall–Kier alpha value is -4.98. The topological polar surface area (TPSA) is 86.0 Å². The highest BCUT2D eigenvalue weighted by molar-refractivity contribution is 6.00. The maximum absolute atomic E-state index is 13.2. The first-order chi connectivity index (χ1) is 18.8. The number of carbonyl (C=O) groups excluding carboxylic acids is 1. The van der Waals surface area contributed by atoms with Crippen LogP contribution in [0.5, 0.6) is 17.2 Å². The van der Waals surface area contributed by atoms with Crippen molar-refractivity contribution in [3.63, 3.8) is 0 Å². The highest BCUT2D eigenvalue weighted by atomic mass is 19.1. The molecule has 39 heavy (non-hydrogen) atoms. The van der Waals surface area contributed by atoms with E-state index in [-0.39, 0.29) is 34.8 Å². The number of halogens is 2. The van der Waals surface area contributed by atoms with Crippen molar-refractivity contribution < 1.29 is 32.6 Å². The number of phenolic OH excluding ortho intramolecular Hbond substituents is 1. The minimum absolute atomic E-state index is 0.0393. The van der Waals surface area contributed by atoms with Gasteiger partial charge in [0.05, 0.1) is 30.7 Å². The molecule has 6 nitrogen and oxygen atoms in total. The van der Waals surface area contributed by atoms with Gasteiger partial charge in [-0.3, -0.25) is 9.59 Å². The molecule has 0 fully saturated rings. The summed E-state index contributed by atoms with van der Waals surface area (Å²) in [4.78, 5) is 24.4. The average molecular weight is 531 g/mol. The number of Topliss-reactive ketones (excluding diaryl/α,β-unsaturated/α-hetero) is 1. The highest BCUT2D eigenvalue weighted by Gasteiger charge is 2.13. The molecule has 0 amide bonds. The first-order valence-corrected chi connectivity index (χ1v) is 11.8. The fraction of sp³-hybridized carbons (Fsp3) is 0.0968. The number of fused-ring (bicyclic) bond motifs is 1. The van der Waals surface area contributed by atoms with E-state index in [9.17, 15) is 23.5 Å². The van der Waals surface area contributed by atoms with E-state index in [0.717, 1.165) is 0 Å². The zero-order valence-corrected chi connectivity index (χ0v) is 21.1. The summed E-state index contributed by atoms with van der Waals surface area (Å²) in [6, 6.07) is 21.1. The molecule has 8 heteroatoms. The number of carbonyl (C=O) groups is 1. The van der Waals surface area contributed by atoms with Gasteiger partial charge in [0, 0.05) is 18.6 Å². The molecule has 198 valence electrons. The standard InChI is InChI=1S/C16H11FO3.C15H13FO3/c1-19-12-5-6-13-15(8-12)20-9-14(16(13)18)10-3-2-4-11(17)7-10;1-19-12-5-6-13(15(18)9-12)14(17)8-10-3-2-4-11(16)7-10/h2-9H,1H3;2-7,9,18H,8H2,1H3. The van der Waals surface area contributed by atoms with Gasteiger partial charge in [0.1, 0.15) is 40.7 Å². The van der Waals surface area contributed by atoms with Crippen molar-refractivity contribution in [1.82, 2.24) is 0 Å². The average Bonchev–Trinajstić information content (AvgIpc) is 2.93. The van der Waals surface area contributed by atoms with E-state index in [0.29, 0.717) is 39.2 Å². The summed E-state index contributed by atoms with van der Waals surface area (Å²) in [5, 5.41) is 10.2. The van der Waals surface area contributed by atoms with Crippen LogP contribution in [0, 0.1) is 11.6 Å². The second-order valence-electron chi connectivity index (χ2n) is 8.46. The third-order valence-electron chi connectivity index (χ3n) is 5.88. The van der Waals surface area contributed by atoms with Gasteiger partial charge in [0.25, 0.3) is 0 Å². The monoisotopic (exact) mass is 530 g/mol. The number of hydrogen-bond donors (Lipinski definition) is 1. The van der Waals surface area contributed by atoms with Gasteiger partial charge in [0.15, 0.2) is 11.2 Å². The minimum atomic E-state index is -0.392. The number of ketones is 1. The first-order valence-electron chi connectivity index (χ1n) is 11.8. The quantitative estimate of drug-likeness (QED) is 0.250. The number of hydrogen-bond acceptors (Lipinski definition) is 6. The van der Waals surface area contributed by atoms with Crippen molar-refractivity contribution in [3.05, 3.63) is 124 Å². The molecule has 0 radical (unpaired) electrons. The van der Waals surface area contributed by atoms with Gasteiger partial charge in [-0.1, -0.05) is 24.3 Å². The van der Waals surface area contributed by atoms with Gasteiger partial charge < -0.3 is 19.0 Å². The second-order valence-corrected chi connectivity index (χ2v) is 8.46. The molecule has 0 aliphatic heterocycles. The molecule has 1 N–H and O–H groups in total. The lowest BCUT2D eigenvalue weighted by molar-refractivity contribution is 0.0990. The van der Waals surface area contributed by atoms with Crippen LogP contribution < -0.4 is 14.9 Å². The lowest BCUT2D eigenvalue weighted by Gasteiger charge is -2.06. The molecule has 0 spiro atoms. The molecule has 0 aliphatic carbocycles. The molecule has 0 unspecified atom stereocenters. The zero-order chi connectivity index (χ0) is 27.9. The van der Waals surface area contributed by atoms with Crippen LogP contribution in [0.3, 0.4) is 0 Å². The molecule has 1 aromatic heterocycles. The van der Waals surface area contributed by atoms with E-state index in [1.165, 1.54) is 49.8 Å². The number of phenols is 1. The van der Waals surface area contributed by atoms with E-state index in [1.54, 1.807) is 55.6 Å². The predicted molar refractivity (Wildman–Crippen MR) is 144 cm³/mol. The van der Waals surface area contributed by atoms with Gasteiger partial charge in [-0.15, -0.1) is 0 Å². The van der Waals surface area contributed by atoms with E-state index < -0.39 is 5.82 Å². The summed E-state index contributed by atoms with van der Waals surface area (Å²) in [7, 11) is 3.02. The normalized spacial score (nSPS) is 10.5. The largest absolute Gasteiger partial charge is 0.507 e. The van der Waals surface area contributed by atoms with Crippen molar-refractivity contribution in [2.45, 2.75) is 6.42 Å². The van der Waals surface area contributed by atoms with Crippen LogP contribution in [0.25, 0.3) is 22.1 Å². The van der Waals surface area contributed by atoms with Gasteiger partial charge >= 0.3 is 0 Å². The van der Waals surface area contributed by atoms with Crippen LogP contribution >= 0.6 is 0 Å². The molecular weight excluding hydrogens is 506 g/mol. The van der Waals surface area contributed by atoms with Crippen LogP contribution in [0.1, 0.15) is 15.9 Å². The van der Waals surface area contributed by atoms with Crippen LogP contribution in [-0.4, -0.2) is 25.1 Å². The van der Waals surface area contributed by atoms with E-state index in [4.69, 9.17) is 13.9 Å². The molecule has 5 rings (SSSR count). The summed E-state index contributed by atoms with van der Waals surface area (Å²) >= 11 is 0. The zero-order valence-electron chi connectivity index (χ0n) is 21.1. The third-order valence-corrected chi connectivity index (χ3v) is 5.88. The van der Waals surface area contributed by atoms with Gasteiger partial charge in [-0.25, -0.2) is 8.78 Å². The van der Waals surface area contributed by atoms with Crippen molar-refractivity contribution >= 4 is 16.8 Å². The molecule has 0 bridgehead atoms. The van der Waals surface area contributed by atoms with Gasteiger partial charge in [0.2, 0.25) is 0 Å². The smallest absolute Gasteiger partial charge is 0.200 e. The highest BCUT2D eigenvalue weighted by Crippen LogP contribution is 2.25. The van der Waals surface area contributed by atoms with Gasteiger partial charge in [-0.2, -0.15) is 0 Å². The Morgan fingerprint density at radius 1 is 0.846 bits per heavy atom. The Bertz CT molecular complexity index is 1690. The molecule has 0 saturated carbocycles. The summed E-state index contributed by atoms with van der Waals surface area (Å²) in [5.74, 6) is -0.105. The van der Waals surface area contributed by atoms with Crippen LogP contribution in [0.15, 0.2) is 100 Å². The summed E-state index contributed by atoms with van der Waals surface area (Å²) in [6.07, 6.45) is 1.39. The summed E-state index contributed by atoms with van der Waals surface area (Å²) < 4.78 is 41.8. The number of ether oxygens (including phenoxy) is 2. The molecule has 5 aromatic rings. The Morgan fingerprint density at radius 3 is 2.18 bits per heavy atom. The van der Waals surface area contributed by atoms with E-state index >= 15 is 0 Å². The number of aromatic hydroxyl groups is 1. The molecule has 1 heterocycles. The second kappa shape index (κ2) is 12.0.